The van der Waals surface area contributed by atoms with Crippen molar-refractivity contribution in [2.45, 2.75) is 51.7 Å². The molecule has 0 rings (SSSR count). The second kappa shape index (κ2) is 11.0. The van der Waals surface area contributed by atoms with Crippen LogP contribution >= 0.6 is 0 Å². The number of rotatable bonds is 11. The number of primary amides is 1. The first-order valence-electron chi connectivity index (χ1n) is 8.08. The Morgan fingerprint density at radius 2 is 1.54 bits per heavy atom. The lowest BCUT2D eigenvalue weighted by Crippen LogP contribution is -2.55. The van der Waals surface area contributed by atoms with Crippen LogP contribution in [0, 0.1) is 5.92 Å². The summed E-state index contributed by atoms with van der Waals surface area (Å²) >= 11 is 0. The average Bonchev–Trinajstić information content (AvgIpc) is 2.50. The minimum Gasteiger partial charge on any atom is -0.480 e. The lowest BCUT2D eigenvalue weighted by molar-refractivity contribution is -0.138. The maximum atomic E-state index is 12.2. The Bertz CT molecular complexity index is 551. The highest BCUT2D eigenvalue weighted by atomic mass is 16.4. The summed E-state index contributed by atoms with van der Waals surface area (Å²) in [6, 6.07) is -3.17. The predicted octanol–water partition coefficient (Wildman–Crippen LogP) is -2.57. The van der Waals surface area contributed by atoms with Crippen molar-refractivity contribution in [2.75, 3.05) is 6.54 Å². The topological polar surface area (TPSA) is 194 Å². The molecule has 0 saturated carbocycles. The van der Waals surface area contributed by atoms with Crippen LogP contribution in [0.1, 0.15) is 33.6 Å². The number of carboxylic acid groups (broad SMARTS) is 1. The van der Waals surface area contributed by atoms with E-state index in [0.717, 1.165) is 0 Å². The number of amides is 4. The summed E-state index contributed by atoms with van der Waals surface area (Å²) in [5.74, 6) is -3.94. The molecule has 3 unspecified atom stereocenters. The molecular formula is C15H27N5O6. The summed E-state index contributed by atoms with van der Waals surface area (Å²) in [6.45, 7) is 4.47. The zero-order valence-electron chi connectivity index (χ0n) is 15.1. The van der Waals surface area contributed by atoms with E-state index in [4.69, 9.17) is 16.6 Å². The van der Waals surface area contributed by atoms with Gasteiger partial charge in [-0.25, -0.2) is 0 Å². The van der Waals surface area contributed by atoms with E-state index in [2.05, 4.69) is 16.0 Å². The molecule has 0 aromatic heterocycles. The summed E-state index contributed by atoms with van der Waals surface area (Å²) in [5.41, 5.74) is 10.4. The summed E-state index contributed by atoms with van der Waals surface area (Å²) < 4.78 is 0. The molecule has 0 aliphatic carbocycles. The van der Waals surface area contributed by atoms with Gasteiger partial charge in [-0.3, -0.25) is 24.0 Å². The molecular weight excluding hydrogens is 346 g/mol. The van der Waals surface area contributed by atoms with Gasteiger partial charge in [0.2, 0.25) is 23.6 Å². The van der Waals surface area contributed by atoms with E-state index in [9.17, 15) is 24.0 Å². The van der Waals surface area contributed by atoms with Gasteiger partial charge in [0.25, 0.3) is 0 Å². The van der Waals surface area contributed by atoms with Crippen molar-refractivity contribution in [1.82, 2.24) is 16.0 Å². The van der Waals surface area contributed by atoms with Gasteiger partial charge in [-0.05, 0) is 19.3 Å². The number of carbonyl (C=O) groups is 5. The van der Waals surface area contributed by atoms with Gasteiger partial charge < -0.3 is 32.5 Å². The van der Waals surface area contributed by atoms with Crippen LogP contribution in [-0.4, -0.2) is 59.4 Å². The van der Waals surface area contributed by atoms with E-state index in [-0.39, 0.29) is 18.8 Å². The molecule has 0 heterocycles. The second-order valence-electron chi connectivity index (χ2n) is 6.31. The largest absolute Gasteiger partial charge is 0.480 e. The third kappa shape index (κ3) is 9.57. The van der Waals surface area contributed by atoms with Gasteiger partial charge in [0.15, 0.2) is 0 Å². The van der Waals surface area contributed by atoms with Crippen molar-refractivity contribution in [3.63, 3.8) is 0 Å². The van der Waals surface area contributed by atoms with Gasteiger partial charge in [-0.15, -0.1) is 0 Å². The van der Waals surface area contributed by atoms with Crippen LogP contribution in [0.15, 0.2) is 0 Å². The Balaban J connectivity index is 4.80. The fourth-order valence-corrected chi connectivity index (χ4v) is 1.98. The number of carbonyl (C=O) groups excluding carboxylic acids is 4. The number of carboxylic acids is 1. The lowest BCUT2D eigenvalue weighted by Gasteiger charge is -2.23. The van der Waals surface area contributed by atoms with E-state index >= 15 is 0 Å². The van der Waals surface area contributed by atoms with E-state index in [0.29, 0.717) is 0 Å². The molecule has 0 aliphatic heterocycles. The normalized spacial score (nSPS) is 14.0. The van der Waals surface area contributed by atoms with Crippen molar-refractivity contribution in [3.8, 4) is 0 Å². The molecule has 0 fully saturated rings. The SMILES string of the molecule is CC(C)CC(NC(=O)C(C)NC(=O)C(N)CC(N)=O)C(=O)NCC(=O)O. The number of aliphatic carboxylic acids is 1. The van der Waals surface area contributed by atoms with Crippen LogP contribution < -0.4 is 27.4 Å². The van der Waals surface area contributed by atoms with Gasteiger partial charge in [0.1, 0.15) is 18.6 Å². The van der Waals surface area contributed by atoms with Gasteiger partial charge in [0, 0.05) is 0 Å². The van der Waals surface area contributed by atoms with E-state index in [1.54, 1.807) is 0 Å². The van der Waals surface area contributed by atoms with E-state index in [1.165, 1.54) is 6.92 Å². The smallest absolute Gasteiger partial charge is 0.322 e. The van der Waals surface area contributed by atoms with Crippen LogP contribution in [0.3, 0.4) is 0 Å². The molecule has 26 heavy (non-hydrogen) atoms. The number of hydrogen-bond acceptors (Lipinski definition) is 6. The quantitative estimate of drug-likeness (QED) is 0.229. The zero-order valence-corrected chi connectivity index (χ0v) is 15.1. The van der Waals surface area contributed by atoms with Crippen LogP contribution in [0.2, 0.25) is 0 Å². The Hall–Kier alpha value is -2.69. The maximum Gasteiger partial charge on any atom is 0.322 e. The van der Waals surface area contributed by atoms with Crippen LogP contribution in [0.25, 0.3) is 0 Å². The van der Waals surface area contributed by atoms with Gasteiger partial charge in [0.05, 0.1) is 12.5 Å². The minimum absolute atomic E-state index is 0.0461. The highest BCUT2D eigenvalue weighted by molar-refractivity contribution is 5.94. The standard InChI is InChI=1S/C15H27N5O6/c1-7(2)4-10(15(26)18-6-12(22)23)20-13(24)8(3)19-14(25)9(16)5-11(17)21/h7-10H,4-6,16H2,1-3H3,(H2,17,21)(H,18,26)(H,19,25)(H,20,24)(H,22,23). The number of nitrogens with two attached hydrogens (primary N) is 2. The third-order valence-electron chi connectivity index (χ3n) is 3.26. The molecule has 3 atom stereocenters. The highest BCUT2D eigenvalue weighted by Crippen LogP contribution is 2.05. The molecule has 0 saturated heterocycles. The predicted molar refractivity (Wildman–Crippen MR) is 91.4 cm³/mol. The molecule has 8 N–H and O–H groups in total. The molecule has 4 amide bonds. The fourth-order valence-electron chi connectivity index (χ4n) is 1.98. The molecule has 11 nitrogen and oxygen atoms in total. The maximum absolute atomic E-state index is 12.2. The summed E-state index contributed by atoms with van der Waals surface area (Å²) in [7, 11) is 0. The van der Waals surface area contributed by atoms with Crippen molar-refractivity contribution in [1.29, 1.82) is 0 Å². The molecule has 0 spiro atoms. The Morgan fingerprint density at radius 3 is 2.00 bits per heavy atom. The third-order valence-corrected chi connectivity index (χ3v) is 3.26. The zero-order chi connectivity index (χ0) is 20.4. The van der Waals surface area contributed by atoms with Crippen LogP contribution in [0.4, 0.5) is 0 Å². The van der Waals surface area contributed by atoms with Crippen molar-refractivity contribution >= 4 is 29.6 Å². The molecule has 0 aromatic rings. The van der Waals surface area contributed by atoms with E-state index in [1.807, 2.05) is 13.8 Å². The second-order valence-corrected chi connectivity index (χ2v) is 6.31. The first-order chi connectivity index (χ1) is 11.9. The molecule has 0 aliphatic rings. The van der Waals surface area contributed by atoms with Crippen molar-refractivity contribution < 1.29 is 29.1 Å². The van der Waals surface area contributed by atoms with Gasteiger partial charge >= 0.3 is 5.97 Å². The molecule has 0 radical (unpaired) electrons. The van der Waals surface area contributed by atoms with Gasteiger partial charge in [-0.1, -0.05) is 13.8 Å². The van der Waals surface area contributed by atoms with Crippen LogP contribution in [-0.2, 0) is 24.0 Å². The van der Waals surface area contributed by atoms with Crippen molar-refractivity contribution in [2.24, 2.45) is 17.4 Å². The molecule has 0 aromatic carbocycles. The van der Waals surface area contributed by atoms with Crippen LogP contribution in [0.5, 0.6) is 0 Å². The number of hydrogen-bond donors (Lipinski definition) is 6. The summed E-state index contributed by atoms with van der Waals surface area (Å²) in [6.07, 6.45) is -0.0905. The minimum atomic E-state index is -1.21. The molecule has 148 valence electrons. The van der Waals surface area contributed by atoms with Crippen molar-refractivity contribution in [3.05, 3.63) is 0 Å². The Morgan fingerprint density at radius 1 is 0.962 bits per heavy atom. The Labute approximate surface area is 151 Å². The average molecular weight is 373 g/mol. The number of nitrogens with one attached hydrogen (secondary N) is 3. The lowest BCUT2D eigenvalue weighted by atomic mass is 10.0. The first kappa shape index (κ1) is 23.3. The highest BCUT2D eigenvalue weighted by Gasteiger charge is 2.26. The summed E-state index contributed by atoms with van der Waals surface area (Å²) in [4.78, 5) is 57.4. The Kier molecular flexibility index (Phi) is 9.89. The molecule has 0 bridgehead atoms. The van der Waals surface area contributed by atoms with Gasteiger partial charge in [-0.2, -0.15) is 0 Å². The van der Waals surface area contributed by atoms with E-state index < -0.39 is 54.3 Å². The monoisotopic (exact) mass is 373 g/mol. The fraction of sp³-hybridized carbons (Fsp3) is 0.667. The molecule has 11 heteroatoms. The summed E-state index contributed by atoms with van der Waals surface area (Å²) in [5, 5.41) is 15.6. The first-order valence-corrected chi connectivity index (χ1v) is 8.08.